The molecule has 0 heterocycles. The Morgan fingerprint density at radius 1 is 1.26 bits per heavy atom. The molecule has 0 bridgehead atoms. The van der Waals surface area contributed by atoms with E-state index in [0.717, 1.165) is 18.5 Å². The monoisotopic (exact) mass is 261 g/mol. The first-order valence-electron chi connectivity index (χ1n) is 7.23. The molecule has 2 rings (SSSR count). The third-order valence-corrected chi connectivity index (χ3v) is 4.03. The van der Waals surface area contributed by atoms with Crippen LogP contribution in [-0.4, -0.2) is 19.1 Å². The Labute approximate surface area is 115 Å². The summed E-state index contributed by atoms with van der Waals surface area (Å²) in [6, 6.07) is 7.43. The largest absolute Gasteiger partial charge is 0.458 e. The van der Waals surface area contributed by atoms with Gasteiger partial charge in [0.1, 0.15) is 6.10 Å². The number of rotatable bonds is 4. The first kappa shape index (κ1) is 13.9. The van der Waals surface area contributed by atoms with Crippen LogP contribution in [0.5, 0.6) is 0 Å². The van der Waals surface area contributed by atoms with E-state index >= 15 is 0 Å². The van der Waals surface area contributed by atoms with Crippen molar-refractivity contribution in [3.63, 3.8) is 0 Å². The Hall–Kier alpha value is -1.51. The lowest BCUT2D eigenvalue weighted by Gasteiger charge is -2.30. The number of benzene rings is 1. The number of carbonyl (C=O) groups excluding carboxylic acids is 1. The van der Waals surface area contributed by atoms with Crippen LogP contribution < -0.4 is 5.32 Å². The minimum Gasteiger partial charge on any atom is -0.458 e. The van der Waals surface area contributed by atoms with Crippen molar-refractivity contribution in [2.75, 3.05) is 12.4 Å². The molecule has 2 atom stereocenters. The number of anilines is 1. The molecule has 2 unspecified atom stereocenters. The van der Waals surface area contributed by atoms with Crippen molar-refractivity contribution >= 4 is 11.7 Å². The summed E-state index contributed by atoms with van der Waals surface area (Å²) >= 11 is 0. The molecule has 0 aliphatic heterocycles. The molecular weight excluding hydrogens is 238 g/mol. The lowest BCUT2D eigenvalue weighted by Crippen LogP contribution is -2.29. The molecule has 3 nitrogen and oxygen atoms in total. The summed E-state index contributed by atoms with van der Waals surface area (Å²) in [7, 11) is 1.86. The van der Waals surface area contributed by atoms with Crippen molar-refractivity contribution in [1.29, 1.82) is 0 Å². The van der Waals surface area contributed by atoms with Crippen molar-refractivity contribution in [2.45, 2.75) is 45.1 Å². The summed E-state index contributed by atoms with van der Waals surface area (Å²) in [5.41, 5.74) is 1.64. The summed E-state index contributed by atoms with van der Waals surface area (Å²) in [6.45, 7) is 2.18. The molecule has 0 radical (unpaired) electrons. The number of hydrogen-bond acceptors (Lipinski definition) is 3. The van der Waals surface area contributed by atoms with E-state index in [9.17, 15) is 4.79 Å². The Morgan fingerprint density at radius 3 is 2.58 bits per heavy atom. The van der Waals surface area contributed by atoms with Crippen LogP contribution in [0.3, 0.4) is 0 Å². The second-order valence-electron chi connectivity index (χ2n) is 5.22. The third-order valence-electron chi connectivity index (χ3n) is 4.03. The van der Waals surface area contributed by atoms with Crippen molar-refractivity contribution < 1.29 is 9.53 Å². The highest BCUT2D eigenvalue weighted by Crippen LogP contribution is 2.29. The first-order valence-corrected chi connectivity index (χ1v) is 7.23. The van der Waals surface area contributed by atoms with Crippen molar-refractivity contribution in [2.24, 2.45) is 5.92 Å². The van der Waals surface area contributed by atoms with E-state index in [4.69, 9.17) is 4.74 Å². The maximum Gasteiger partial charge on any atom is 0.338 e. The Bertz CT molecular complexity index is 413. The van der Waals surface area contributed by atoms with Gasteiger partial charge in [0.15, 0.2) is 0 Å². The highest BCUT2D eigenvalue weighted by Gasteiger charge is 2.27. The molecule has 1 aromatic carbocycles. The van der Waals surface area contributed by atoms with E-state index in [0.29, 0.717) is 11.5 Å². The second kappa shape index (κ2) is 6.60. The fourth-order valence-electron chi connectivity index (χ4n) is 2.77. The van der Waals surface area contributed by atoms with Crippen LogP contribution in [0.25, 0.3) is 0 Å². The minimum atomic E-state index is -0.187. The van der Waals surface area contributed by atoms with Crippen LogP contribution in [0, 0.1) is 5.92 Å². The van der Waals surface area contributed by atoms with Crippen LogP contribution >= 0.6 is 0 Å². The minimum absolute atomic E-state index is 0.107. The summed E-state index contributed by atoms with van der Waals surface area (Å²) < 4.78 is 5.70. The molecule has 0 saturated heterocycles. The van der Waals surface area contributed by atoms with Crippen LogP contribution in [-0.2, 0) is 4.74 Å². The lowest BCUT2D eigenvalue weighted by atomic mass is 9.85. The van der Waals surface area contributed by atoms with Gasteiger partial charge in [-0.2, -0.15) is 0 Å². The first-order chi connectivity index (χ1) is 9.24. The van der Waals surface area contributed by atoms with E-state index in [1.165, 1.54) is 19.3 Å². The van der Waals surface area contributed by atoms with E-state index < -0.39 is 0 Å². The standard InChI is InChI=1S/C16H23NO2/c1-3-12-6-4-5-7-15(12)19-16(18)13-8-10-14(17-2)11-9-13/h8-12,15,17H,3-7H2,1-2H3. The van der Waals surface area contributed by atoms with Gasteiger partial charge in [0.05, 0.1) is 5.56 Å². The van der Waals surface area contributed by atoms with Gasteiger partial charge in [-0.3, -0.25) is 0 Å². The fraction of sp³-hybridized carbons (Fsp3) is 0.562. The van der Waals surface area contributed by atoms with Crippen molar-refractivity contribution in [1.82, 2.24) is 0 Å². The molecular formula is C16H23NO2. The molecule has 0 aromatic heterocycles. The number of nitrogens with one attached hydrogen (secondary N) is 1. The topological polar surface area (TPSA) is 38.3 Å². The predicted octanol–water partition coefficient (Wildman–Crippen LogP) is 3.85. The van der Waals surface area contributed by atoms with Crippen LogP contribution in [0.15, 0.2) is 24.3 Å². The number of carbonyl (C=O) groups is 1. The van der Waals surface area contributed by atoms with Crippen LogP contribution in [0.1, 0.15) is 49.4 Å². The number of hydrogen-bond donors (Lipinski definition) is 1. The van der Waals surface area contributed by atoms with E-state index in [2.05, 4.69) is 12.2 Å². The lowest BCUT2D eigenvalue weighted by molar-refractivity contribution is 0.000714. The maximum absolute atomic E-state index is 12.1. The fourth-order valence-corrected chi connectivity index (χ4v) is 2.77. The molecule has 1 fully saturated rings. The van der Waals surface area contributed by atoms with E-state index in [1.807, 2.05) is 31.3 Å². The molecule has 3 heteroatoms. The summed E-state index contributed by atoms with van der Waals surface area (Å²) in [4.78, 5) is 12.1. The van der Waals surface area contributed by atoms with Gasteiger partial charge in [-0.1, -0.05) is 13.3 Å². The second-order valence-corrected chi connectivity index (χ2v) is 5.22. The molecule has 0 amide bonds. The Balaban J connectivity index is 1.98. The highest BCUT2D eigenvalue weighted by molar-refractivity contribution is 5.89. The van der Waals surface area contributed by atoms with E-state index in [1.54, 1.807) is 0 Å². The van der Waals surface area contributed by atoms with Crippen molar-refractivity contribution in [3.8, 4) is 0 Å². The normalized spacial score (nSPS) is 22.8. The number of ether oxygens (including phenoxy) is 1. The average Bonchev–Trinajstić information content (AvgIpc) is 2.48. The summed E-state index contributed by atoms with van der Waals surface area (Å²) in [5, 5.41) is 3.04. The SMILES string of the molecule is CCC1CCCCC1OC(=O)c1ccc(NC)cc1. The number of esters is 1. The van der Waals surface area contributed by atoms with Gasteiger partial charge in [0.2, 0.25) is 0 Å². The van der Waals surface area contributed by atoms with Gasteiger partial charge in [-0.05, 0) is 55.9 Å². The Morgan fingerprint density at radius 2 is 1.95 bits per heavy atom. The zero-order valence-corrected chi connectivity index (χ0v) is 11.8. The van der Waals surface area contributed by atoms with Crippen LogP contribution in [0.4, 0.5) is 5.69 Å². The average molecular weight is 261 g/mol. The predicted molar refractivity (Wildman–Crippen MR) is 77.4 cm³/mol. The smallest absolute Gasteiger partial charge is 0.338 e. The third kappa shape index (κ3) is 3.49. The zero-order valence-electron chi connectivity index (χ0n) is 11.8. The van der Waals surface area contributed by atoms with Gasteiger partial charge in [-0.25, -0.2) is 4.79 Å². The van der Waals surface area contributed by atoms with Gasteiger partial charge in [0, 0.05) is 12.7 Å². The van der Waals surface area contributed by atoms with Gasteiger partial charge < -0.3 is 10.1 Å². The van der Waals surface area contributed by atoms with Crippen molar-refractivity contribution in [3.05, 3.63) is 29.8 Å². The molecule has 19 heavy (non-hydrogen) atoms. The van der Waals surface area contributed by atoms with Gasteiger partial charge in [0.25, 0.3) is 0 Å². The maximum atomic E-state index is 12.1. The molecule has 104 valence electrons. The van der Waals surface area contributed by atoms with Gasteiger partial charge in [-0.15, -0.1) is 0 Å². The highest BCUT2D eigenvalue weighted by atomic mass is 16.5. The van der Waals surface area contributed by atoms with Crippen LogP contribution in [0.2, 0.25) is 0 Å². The Kier molecular flexibility index (Phi) is 4.83. The summed E-state index contributed by atoms with van der Waals surface area (Å²) in [6.07, 6.45) is 5.84. The molecule has 1 aliphatic carbocycles. The molecule has 1 aliphatic rings. The molecule has 1 saturated carbocycles. The molecule has 1 N–H and O–H groups in total. The summed E-state index contributed by atoms with van der Waals surface area (Å²) in [5.74, 6) is 0.349. The molecule has 0 spiro atoms. The van der Waals surface area contributed by atoms with E-state index in [-0.39, 0.29) is 12.1 Å². The zero-order chi connectivity index (χ0) is 13.7. The van der Waals surface area contributed by atoms with Gasteiger partial charge >= 0.3 is 5.97 Å². The quantitative estimate of drug-likeness (QED) is 0.836. The molecule has 1 aromatic rings.